The second-order valence-electron chi connectivity index (χ2n) is 6.03. The maximum Gasteiger partial charge on any atom is 0.220 e. The Kier molecular flexibility index (Phi) is 17.5. The van der Waals surface area contributed by atoms with E-state index in [2.05, 4.69) is 33.4 Å². The summed E-state index contributed by atoms with van der Waals surface area (Å²) in [5, 5.41) is 0. The zero-order valence-electron chi connectivity index (χ0n) is 18.8. The van der Waals surface area contributed by atoms with Crippen molar-refractivity contribution in [3.63, 3.8) is 0 Å². The molecule has 0 unspecified atom stereocenters. The highest BCUT2D eigenvalue weighted by Gasteiger charge is 2.23. The van der Waals surface area contributed by atoms with Gasteiger partial charge in [-0.3, -0.25) is 4.79 Å². The van der Waals surface area contributed by atoms with Gasteiger partial charge in [0.15, 0.2) is 0 Å². The molecule has 0 aliphatic rings. The Morgan fingerprint density at radius 1 is 1.22 bits per heavy atom. The molecule has 0 aromatic rings. The van der Waals surface area contributed by atoms with Crippen LogP contribution in [0.2, 0.25) is 0 Å². The predicted molar refractivity (Wildman–Crippen MR) is 120 cm³/mol. The first-order chi connectivity index (χ1) is 12.9. The molecule has 0 saturated carbocycles. The predicted octanol–water partition coefficient (Wildman–Crippen LogP) is 6.60. The minimum atomic E-state index is 0.0344. The van der Waals surface area contributed by atoms with Crippen LogP contribution in [0.1, 0.15) is 67.7 Å². The molecule has 0 aliphatic carbocycles. The molecule has 154 valence electrons. The van der Waals surface area contributed by atoms with Gasteiger partial charge in [-0.1, -0.05) is 57.7 Å². The average molecular weight is 376 g/mol. The molecule has 0 saturated heterocycles. The summed E-state index contributed by atoms with van der Waals surface area (Å²) in [5.41, 5.74) is 1.12. The standard InChI is InChI=1S/C22H35NO2.C2H6/c1-8-11-16-21(10-3)19(5)23(20(6)24)18(4)15-12-13-17-22(25-7)14-9-2;1-2/h8,10-11,13-14,16-19H,1,9,12,15H2,2-7H3;1-2H3/b16-11-,17-13-,21-10+,22-14+;/t18-,19-;/m1./s1. The topological polar surface area (TPSA) is 29.5 Å². The summed E-state index contributed by atoms with van der Waals surface area (Å²) in [6.45, 7) is 17.6. The summed E-state index contributed by atoms with van der Waals surface area (Å²) in [4.78, 5) is 14.2. The van der Waals surface area contributed by atoms with Gasteiger partial charge in [0.05, 0.1) is 13.2 Å². The molecule has 0 aromatic carbocycles. The summed E-state index contributed by atoms with van der Waals surface area (Å²) in [6.07, 6.45) is 16.6. The van der Waals surface area contributed by atoms with Crippen molar-refractivity contribution in [3.8, 4) is 0 Å². The molecular weight excluding hydrogens is 334 g/mol. The first-order valence-corrected chi connectivity index (χ1v) is 10.1. The lowest BCUT2D eigenvalue weighted by Gasteiger charge is -2.34. The lowest BCUT2D eigenvalue weighted by molar-refractivity contribution is -0.132. The molecule has 27 heavy (non-hydrogen) atoms. The van der Waals surface area contributed by atoms with Gasteiger partial charge in [0, 0.05) is 13.0 Å². The van der Waals surface area contributed by atoms with E-state index in [4.69, 9.17) is 4.74 Å². The van der Waals surface area contributed by atoms with Crippen LogP contribution in [0.3, 0.4) is 0 Å². The van der Waals surface area contributed by atoms with Crippen LogP contribution in [0.25, 0.3) is 0 Å². The van der Waals surface area contributed by atoms with Crippen molar-refractivity contribution in [2.75, 3.05) is 7.11 Å². The molecule has 2 atom stereocenters. The Morgan fingerprint density at radius 3 is 2.30 bits per heavy atom. The summed E-state index contributed by atoms with van der Waals surface area (Å²) in [5.74, 6) is 0.983. The van der Waals surface area contributed by atoms with Gasteiger partial charge in [-0.25, -0.2) is 0 Å². The first-order valence-electron chi connectivity index (χ1n) is 10.1. The molecule has 3 heteroatoms. The quantitative estimate of drug-likeness (QED) is 0.300. The smallest absolute Gasteiger partial charge is 0.220 e. The number of carbonyl (C=O) groups is 1. The second-order valence-corrected chi connectivity index (χ2v) is 6.03. The lowest BCUT2D eigenvalue weighted by atomic mass is 10.0. The Hall–Kier alpha value is -2.03. The van der Waals surface area contributed by atoms with Crippen LogP contribution >= 0.6 is 0 Å². The van der Waals surface area contributed by atoms with Crippen molar-refractivity contribution >= 4 is 5.91 Å². The van der Waals surface area contributed by atoms with Crippen molar-refractivity contribution < 1.29 is 9.53 Å². The molecule has 0 N–H and O–H groups in total. The molecule has 0 aromatic heterocycles. The van der Waals surface area contributed by atoms with Crippen molar-refractivity contribution in [2.45, 2.75) is 79.8 Å². The van der Waals surface area contributed by atoms with Crippen molar-refractivity contribution in [3.05, 3.63) is 60.4 Å². The molecule has 0 radical (unpaired) electrons. The van der Waals surface area contributed by atoms with E-state index in [0.717, 1.165) is 30.6 Å². The fraction of sp³-hybridized carbons (Fsp3) is 0.542. The van der Waals surface area contributed by atoms with Crippen molar-refractivity contribution in [2.24, 2.45) is 0 Å². The number of amides is 1. The SMILES string of the molecule is C=C/C=C\C(=C/C)[C@@H](C)N(C(C)=O)[C@H](C)CC/C=C\C(=C/CC)OC.CC. The molecule has 0 fully saturated rings. The number of hydrogen-bond donors (Lipinski definition) is 0. The van der Waals surface area contributed by atoms with Gasteiger partial charge >= 0.3 is 0 Å². The molecule has 3 nitrogen and oxygen atoms in total. The zero-order valence-corrected chi connectivity index (χ0v) is 18.8. The summed E-state index contributed by atoms with van der Waals surface area (Å²) in [6, 6.07) is 0.192. The number of ether oxygens (including phenoxy) is 1. The highest BCUT2D eigenvalue weighted by atomic mass is 16.5. The third-order valence-corrected chi connectivity index (χ3v) is 4.17. The van der Waals surface area contributed by atoms with E-state index in [1.54, 1.807) is 20.1 Å². The van der Waals surface area contributed by atoms with E-state index in [1.807, 2.05) is 56.1 Å². The average Bonchev–Trinajstić information content (AvgIpc) is 2.66. The van der Waals surface area contributed by atoms with E-state index in [9.17, 15) is 4.79 Å². The summed E-state index contributed by atoms with van der Waals surface area (Å²) < 4.78 is 5.29. The van der Waals surface area contributed by atoms with Gasteiger partial charge in [0.2, 0.25) is 5.91 Å². The van der Waals surface area contributed by atoms with Gasteiger partial charge in [-0.15, -0.1) is 0 Å². The van der Waals surface area contributed by atoms with Crippen molar-refractivity contribution in [1.29, 1.82) is 0 Å². The van der Waals surface area contributed by atoms with E-state index < -0.39 is 0 Å². The maximum absolute atomic E-state index is 12.2. The number of hydrogen-bond acceptors (Lipinski definition) is 2. The monoisotopic (exact) mass is 375 g/mol. The fourth-order valence-corrected chi connectivity index (χ4v) is 2.88. The Morgan fingerprint density at radius 2 is 1.85 bits per heavy atom. The largest absolute Gasteiger partial charge is 0.497 e. The van der Waals surface area contributed by atoms with Crippen LogP contribution in [0.5, 0.6) is 0 Å². The van der Waals surface area contributed by atoms with E-state index in [0.29, 0.717) is 0 Å². The number of carbonyl (C=O) groups excluding carboxylic acids is 1. The molecule has 0 rings (SSSR count). The van der Waals surface area contributed by atoms with E-state index >= 15 is 0 Å². The van der Waals surface area contributed by atoms with Gasteiger partial charge in [0.25, 0.3) is 0 Å². The van der Waals surface area contributed by atoms with Crippen LogP contribution in [0.4, 0.5) is 0 Å². The lowest BCUT2D eigenvalue weighted by Crippen LogP contribution is -2.44. The highest BCUT2D eigenvalue weighted by Crippen LogP contribution is 2.19. The zero-order chi connectivity index (χ0) is 21.2. The fourth-order valence-electron chi connectivity index (χ4n) is 2.88. The Labute approximate surface area is 168 Å². The van der Waals surface area contributed by atoms with E-state index in [1.165, 1.54) is 0 Å². The number of methoxy groups -OCH3 is 1. The molecule has 0 bridgehead atoms. The van der Waals surface area contributed by atoms with Crippen LogP contribution in [0, 0.1) is 0 Å². The van der Waals surface area contributed by atoms with Crippen LogP contribution in [0.15, 0.2) is 60.4 Å². The van der Waals surface area contributed by atoms with Crippen LogP contribution < -0.4 is 0 Å². The summed E-state index contributed by atoms with van der Waals surface area (Å²) >= 11 is 0. The maximum atomic E-state index is 12.2. The normalized spacial score (nSPS) is 14.5. The van der Waals surface area contributed by atoms with Gasteiger partial charge in [-0.05, 0) is 57.8 Å². The van der Waals surface area contributed by atoms with Crippen LogP contribution in [-0.2, 0) is 9.53 Å². The Balaban J connectivity index is 0. The molecule has 0 spiro atoms. The second kappa shape index (κ2) is 17.4. The molecule has 0 heterocycles. The van der Waals surface area contributed by atoms with Gasteiger partial charge < -0.3 is 9.64 Å². The highest BCUT2D eigenvalue weighted by molar-refractivity contribution is 5.74. The minimum absolute atomic E-state index is 0.0344. The summed E-state index contributed by atoms with van der Waals surface area (Å²) in [7, 11) is 1.68. The number of allylic oxidation sites excluding steroid dienone is 6. The minimum Gasteiger partial charge on any atom is -0.497 e. The van der Waals surface area contributed by atoms with E-state index in [-0.39, 0.29) is 18.0 Å². The molecule has 0 aliphatic heterocycles. The molecule has 1 amide bonds. The van der Waals surface area contributed by atoms with Crippen LogP contribution in [-0.4, -0.2) is 30.0 Å². The van der Waals surface area contributed by atoms with Crippen molar-refractivity contribution in [1.82, 2.24) is 4.90 Å². The third kappa shape index (κ3) is 11.3. The molecular formula is C24H41NO2. The number of nitrogens with zero attached hydrogens (tertiary/aromatic N) is 1. The van der Waals surface area contributed by atoms with Gasteiger partial charge in [-0.2, -0.15) is 0 Å². The van der Waals surface area contributed by atoms with Gasteiger partial charge in [0.1, 0.15) is 5.76 Å². The number of rotatable bonds is 11. The third-order valence-electron chi connectivity index (χ3n) is 4.17. The Bertz CT molecular complexity index is 526. The first kappa shape index (κ1) is 27.2.